The molecular weight excluding hydrogens is 305 g/mol. The number of aromatic nitrogens is 2. The number of nitrogens with zero attached hydrogens (tertiary/aromatic N) is 3. The molecule has 1 aromatic carbocycles. The Kier molecular flexibility index (Phi) is 5.91. The molecule has 3 nitrogen and oxygen atoms in total. The molecule has 5 heteroatoms. The molecular formula is C16H23Cl2N3. The predicted octanol–water partition coefficient (Wildman–Crippen LogP) is 4.20. The molecule has 0 N–H and O–H groups in total. The standard InChI is InChI=1S/C16H23Cl2N3/c1-12(2)20(3)9-4-10-21-15-6-5-13(18)11-14(15)19-16(21)7-8-17/h5-6,11-12H,4,7-10H2,1-3H3. The molecule has 0 spiro atoms. The highest BCUT2D eigenvalue weighted by molar-refractivity contribution is 6.31. The first-order valence-electron chi connectivity index (χ1n) is 7.43. The van der Waals surface area contributed by atoms with Crippen molar-refractivity contribution in [2.75, 3.05) is 19.5 Å². The van der Waals surface area contributed by atoms with Crippen molar-refractivity contribution >= 4 is 34.2 Å². The summed E-state index contributed by atoms with van der Waals surface area (Å²) in [7, 11) is 2.16. The molecule has 0 unspecified atom stereocenters. The van der Waals surface area contributed by atoms with E-state index in [0.717, 1.165) is 47.8 Å². The minimum atomic E-state index is 0.575. The summed E-state index contributed by atoms with van der Waals surface area (Å²) < 4.78 is 2.28. The molecule has 0 saturated heterocycles. The number of alkyl halides is 1. The quantitative estimate of drug-likeness (QED) is 0.710. The molecule has 2 aromatic rings. The molecule has 0 fully saturated rings. The van der Waals surface area contributed by atoms with E-state index in [1.165, 1.54) is 0 Å². The Hall–Kier alpha value is -0.770. The maximum Gasteiger partial charge on any atom is 0.111 e. The normalized spacial score (nSPS) is 12.0. The second kappa shape index (κ2) is 7.48. The van der Waals surface area contributed by atoms with Crippen molar-refractivity contribution in [3.05, 3.63) is 29.0 Å². The van der Waals surface area contributed by atoms with E-state index in [2.05, 4.69) is 41.4 Å². The summed E-state index contributed by atoms with van der Waals surface area (Å²) >= 11 is 12.0. The number of imidazole rings is 1. The third-order valence-corrected chi connectivity index (χ3v) is 4.31. The lowest BCUT2D eigenvalue weighted by Crippen LogP contribution is -2.28. The van der Waals surface area contributed by atoms with Crippen LogP contribution in [0.15, 0.2) is 18.2 Å². The van der Waals surface area contributed by atoms with Crippen LogP contribution >= 0.6 is 23.2 Å². The molecule has 0 aliphatic carbocycles. The van der Waals surface area contributed by atoms with E-state index in [1.54, 1.807) is 0 Å². The molecule has 0 bridgehead atoms. The fourth-order valence-electron chi connectivity index (χ4n) is 2.41. The van der Waals surface area contributed by atoms with Crippen LogP contribution in [0.1, 0.15) is 26.1 Å². The van der Waals surface area contributed by atoms with Gasteiger partial charge in [-0.25, -0.2) is 4.98 Å². The zero-order valence-electron chi connectivity index (χ0n) is 12.9. The first-order valence-corrected chi connectivity index (χ1v) is 8.35. The Bertz CT molecular complexity index is 592. The monoisotopic (exact) mass is 327 g/mol. The Morgan fingerprint density at radius 1 is 1.33 bits per heavy atom. The van der Waals surface area contributed by atoms with E-state index < -0.39 is 0 Å². The van der Waals surface area contributed by atoms with Crippen LogP contribution in [0.4, 0.5) is 0 Å². The third kappa shape index (κ3) is 4.12. The van der Waals surface area contributed by atoms with Crippen molar-refractivity contribution in [2.45, 2.75) is 39.3 Å². The van der Waals surface area contributed by atoms with Gasteiger partial charge in [-0.15, -0.1) is 11.6 Å². The molecule has 0 aliphatic rings. The molecule has 0 saturated carbocycles. The van der Waals surface area contributed by atoms with E-state index in [0.29, 0.717) is 11.9 Å². The van der Waals surface area contributed by atoms with Gasteiger partial charge in [0.2, 0.25) is 0 Å². The number of rotatable bonds is 7. The Morgan fingerprint density at radius 2 is 2.10 bits per heavy atom. The van der Waals surface area contributed by atoms with Gasteiger partial charge in [-0.05, 0) is 52.1 Å². The van der Waals surface area contributed by atoms with E-state index in [4.69, 9.17) is 23.2 Å². The second-order valence-corrected chi connectivity index (χ2v) is 6.49. The highest BCUT2D eigenvalue weighted by atomic mass is 35.5. The van der Waals surface area contributed by atoms with Crippen LogP contribution in [0.25, 0.3) is 11.0 Å². The summed E-state index contributed by atoms with van der Waals surface area (Å²) in [6.45, 7) is 6.47. The minimum absolute atomic E-state index is 0.575. The number of aryl methyl sites for hydroxylation is 2. The van der Waals surface area contributed by atoms with Crippen molar-refractivity contribution in [1.82, 2.24) is 14.5 Å². The van der Waals surface area contributed by atoms with Gasteiger partial charge in [0.25, 0.3) is 0 Å². The topological polar surface area (TPSA) is 21.1 Å². The third-order valence-electron chi connectivity index (χ3n) is 3.88. The van der Waals surface area contributed by atoms with Gasteiger partial charge in [-0.1, -0.05) is 11.6 Å². The zero-order chi connectivity index (χ0) is 15.4. The Morgan fingerprint density at radius 3 is 2.76 bits per heavy atom. The largest absolute Gasteiger partial charge is 0.328 e. The number of benzene rings is 1. The highest BCUT2D eigenvalue weighted by Gasteiger charge is 2.11. The zero-order valence-corrected chi connectivity index (χ0v) is 14.5. The summed E-state index contributed by atoms with van der Waals surface area (Å²) in [5.74, 6) is 1.64. The van der Waals surface area contributed by atoms with Gasteiger partial charge in [0, 0.05) is 29.9 Å². The van der Waals surface area contributed by atoms with Crippen LogP contribution in [0.3, 0.4) is 0 Å². The van der Waals surface area contributed by atoms with E-state index in [1.807, 2.05) is 12.1 Å². The smallest absolute Gasteiger partial charge is 0.111 e. The number of fused-ring (bicyclic) bond motifs is 1. The average Bonchev–Trinajstić information content (AvgIpc) is 2.76. The van der Waals surface area contributed by atoms with Gasteiger partial charge in [-0.3, -0.25) is 0 Å². The summed E-state index contributed by atoms with van der Waals surface area (Å²) in [5.41, 5.74) is 2.10. The van der Waals surface area contributed by atoms with Gasteiger partial charge in [0.15, 0.2) is 0 Å². The molecule has 1 heterocycles. The summed E-state index contributed by atoms with van der Waals surface area (Å²) in [6, 6.07) is 6.47. The summed E-state index contributed by atoms with van der Waals surface area (Å²) in [6.07, 6.45) is 1.88. The van der Waals surface area contributed by atoms with Gasteiger partial charge >= 0.3 is 0 Å². The van der Waals surface area contributed by atoms with Gasteiger partial charge in [0.05, 0.1) is 11.0 Å². The maximum atomic E-state index is 6.06. The van der Waals surface area contributed by atoms with Crippen molar-refractivity contribution < 1.29 is 0 Å². The summed E-state index contributed by atoms with van der Waals surface area (Å²) in [4.78, 5) is 7.03. The fraction of sp³-hybridized carbons (Fsp3) is 0.562. The molecule has 2 rings (SSSR count). The van der Waals surface area contributed by atoms with Gasteiger partial charge in [0.1, 0.15) is 5.82 Å². The van der Waals surface area contributed by atoms with Crippen molar-refractivity contribution in [3.63, 3.8) is 0 Å². The van der Waals surface area contributed by atoms with Crippen LogP contribution in [-0.4, -0.2) is 40.0 Å². The molecule has 1 aromatic heterocycles. The number of halogens is 2. The van der Waals surface area contributed by atoms with Crippen LogP contribution in [0, 0.1) is 0 Å². The molecule has 0 radical (unpaired) electrons. The lowest BCUT2D eigenvalue weighted by atomic mass is 10.3. The van der Waals surface area contributed by atoms with E-state index in [9.17, 15) is 0 Å². The lowest BCUT2D eigenvalue weighted by Gasteiger charge is -2.21. The second-order valence-electron chi connectivity index (χ2n) is 5.68. The molecule has 0 amide bonds. The predicted molar refractivity (Wildman–Crippen MR) is 91.6 cm³/mol. The van der Waals surface area contributed by atoms with Crippen LogP contribution in [0.5, 0.6) is 0 Å². The maximum absolute atomic E-state index is 6.06. The average molecular weight is 328 g/mol. The minimum Gasteiger partial charge on any atom is -0.328 e. The van der Waals surface area contributed by atoms with Crippen molar-refractivity contribution in [1.29, 1.82) is 0 Å². The lowest BCUT2D eigenvalue weighted by molar-refractivity contribution is 0.265. The van der Waals surface area contributed by atoms with Crippen molar-refractivity contribution in [3.8, 4) is 0 Å². The molecule has 21 heavy (non-hydrogen) atoms. The van der Waals surface area contributed by atoms with E-state index in [-0.39, 0.29) is 0 Å². The first kappa shape index (κ1) is 16.6. The van der Waals surface area contributed by atoms with Gasteiger partial charge < -0.3 is 9.47 Å². The number of hydrogen-bond acceptors (Lipinski definition) is 2. The summed E-state index contributed by atoms with van der Waals surface area (Å²) in [5, 5.41) is 0.726. The van der Waals surface area contributed by atoms with Crippen LogP contribution < -0.4 is 0 Å². The Labute approximate surface area is 136 Å². The SMILES string of the molecule is CC(C)N(C)CCCn1c(CCCl)nc2cc(Cl)ccc21. The van der Waals surface area contributed by atoms with Crippen molar-refractivity contribution in [2.24, 2.45) is 0 Å². The van der Waals surface area contributed by atoms with E-state index >= 15 is 0 Å². The van der Waals surface area contributed by atoms with Gasteiger partial charge in [-0.2, -0.15) is 0 Å². The van der Waals surface area contributed by atoms with Crippen LogP contribution in [-0.2, 0) is 13.0 Å². The molecule has 116 valence electrons. The number of hydrogen-bond donors (Lipinski definition) is 0. The molecule has 0 aliphatic heterocycles. The Balaban J connectivity index is 2.18. The first-order chi connectivity index (χ1) is 10.0. The molecule has 0 atom stereocenters. The highest BCUT2D eigenvalue weighted by Crippen LogP contribution is 2.21. The van der Waals surface area contributed by atoms with Crippen LogP contribution in [0.2, 0.25) is 5.02 Å². The fourth-order valence-corrected chi connectivity index (χ4v) is 2.75.